The fourth-order valence-corrected chi connectivity index (χ4v) is 2.77. The van der Waals surface area contributed by atoms with Crippen LogP contribution in [0, 0.1) is 18.6 Å². The number of ether oxygens (including phenoxy) is 1. The highest BCUT2D eigenvalue weighted by Crippen LogP contribution is 2.19. The monoisotopic (exact) mass is 398 g/mol. The van der Waals surface area contributed by atoms with Gasteiger partial charge in [0.05, 0.1) is 12.2 Å². The van der Waals surface area contributed by atoms with Gasteiger partial charge in [-0.2, -0.15) is 0 Å². The zero-order chi connectivity index (χ0) is 20.4. The average molecular weight is 398 g/mol. The summed E-state index contributed by atoms with van der Waals surface area (Å²) >= 11 is 0. The summed E-state index contributed by atoms with van der Waals surface area (Å²) in [7, 11) is 0. The number of carbonyl (C=O) groups is 1. The topological polar surface area (TPSA) is 81.7 Å². The molecule has 0 atom stereocenters. The van der Waals surface area contributed by atoms with Crippen molar-refractivity contribution in [3.63, 3.8) is 0 Å². The van der Waals surface area contributed by atoms with Crippen molar-refractivity contribution in [2.24, 2.45) is 0 Å². The normalized spacial score (nSPS) is 11.0. The molecule has 7 nitrogen and oxygen atoms in total. The number of fused-ring (bicyclic) bond motifs is 1. The van der Waals surface area contributed by atoms with Crippen LogP contribution < -0.4 is 10.1 Å². The van der Waals surface area contributed by atoms with E-state index in [0.717, 1.165) is 23.5 Å². The number of nitrogens with one attached hydrogen (secondary N) is 1. The minimum atomic E-state index is -0.829. The summed E-state index contributed by atoms with van der Waals surface area (Å²) < 4.78 is 38.7. The highest BCUT2D eigenvalue weighted by atomic mass is 19.1. The third-order valence-corrected chi connectivity index (χ3v) is 4.23. The zero-order valence-corrected chi connectivity index (χ0v) is 15.4. The summed E-state index contributed by atoms with van der Waals surface area (Å²) in [4.78, 5) is 16.7. The number of aryl methyl sites for hydroxylation is 1. The lowest BCUT2D eigenvalue weighted by atomic mass is 10.3. The predicted octanol–water partition coefficient (Wildman–Crippen LogP) is 3.42. The Kier molecular flexibility index (Phi) is 4.94. The molecule has 1 amide bonds. The summed E-state index contributed by atoms with van der Waals surface area (Å²) in [6, 6.07) is 10.1. The maximum atomic E-state index is 13.6. The second-order valence-corrected chi connectivity index (χ2v) is 6.35. The van der Waals surface area contributed by atoms with Crippen molar-refractivity contribution in [2.75, 3.05) is 0 Å². The number of nitrogens with zero attached hydrogens (tertiary/aromatic N) is 3. The lowest BCUT2D eigenvalue weighted by Crippen LogP contribution is -2.23. The van der Waals surface area contributed by atoms with E-state index in [9.17, 15) is 13.6 Å². The van der Waals surface area contributed by atoms with E-state index in [0.29, 0.717) is 5.69 Å². The molecule has 1 N–H and O–H groups in total. The summed E-state index contributed by atoms with van der Waals surface area (Å²) in [6.45, 7) is 2.03. The molecule has 0 radical (unpaired) electrons. The van der Waals surface area contributed by atoms with E-state index in [1.165, 1.54) is 12.1 Å². The lowest BCUT2D eigenvalue weighted by molar-refractivity contribution is 0.0941. The molecule has 4 rings (SSSR count). The minimum Gasteiger partial charge on any atom is -0.482 e. The minimum absolute atomic E-state index is 0.0584. The third-order valence-electron chi connectivity index (χ3n) is 4.23. The van der Waals surface area contributed by atoms with E-state index in [1.807, 2.05) is 35.7 Å². The maximum Gasteiger partial charge on any atom is 0.273 e. The van der Waals surface area contributed by atoms with Crippen LogP contribution in [-0.2, 0) is 13.2 Å². The van der Waals surface area contributed by atoms with Gasteiger partial charge in [-0.15, -0.1) is 0 Å². The van der Waals surface area contributed by atoms with E-state index < -0.39 is 17.5 Å². The number of aromatic nitrogens is 3. The van der Waals surface area contributed by atoms with E-state index in [4.69, 9.17) is 9.26 Å². The van der Waals surface area contributed by atoms with Gasteiger partial charge in [-0.1, -0.05) is 11.2 Å². The van der Waals surface area contributed by atoms with E-state index in [2.05, 4.69) is 15.5 Å². The summed E-state index contributed by atoms with van der Waals surface area (Å²) in [5.41, 5.74) is 2.59. The van der Waals surface area contributed by atoms with Crippen LogP contribution in [-0.4, -0.2) is 20.4 Å². The standard InChI is InChI=1S/C20H16F2N4O3/c1-12-3-2-4-19-24-14(10-26(12)19)9-23-20(27)17-8-15(29-25-17)11-28-18-6-5-13(21)7-16(18)22/h2-8,10H,9,11H2,1H3,(H,23,27). The first-order valence-corrected chi connectivity index (χ1v) is 8.75. The number of pyridine rings is 1. The van der Waals surface area contributed by atoms with Crippen molar-refractivity contribution in [1.82, 2.24) is 19.9 Å². The molecule has 0 bridgehead atoms. The van der Waals surface area contributed by atoms with Crippen LogP contribution in [0.5, 0.6) is 5.75 Å². The van der Waals surface area contributed by atoms with Crippen LogP contribution in [0.3, 0.4) is 0 Å². The molecule has 0 saturated carbocycles. The Balaban J connectivity index is 1.35. The van der Waals surface area contributed by atoms with Gasteiger partial charge >= 0.3 is 0 Å². The third kappa shape index (κ3) is 4.08. The Morgan fingerprint density at radius 2 is 2.10 bits per heavy atom. The van der Waals surface area contributed by atoms with Crippen LogP contribution in [0.1, 0.15) is 27.6 Å². The highest BCUT2D eigenvalue weighted by molar-refractivity contribution is 5.92. The number of benzene rings is 1. The van der Waals surface area contributed by atoms with Gasteiger partial charge in [-0.05, 0) is 31.2 Å². The Morgan fingerprint density at radius 1 is 1.24 bits per heavy atom. The first-order valence-electron chi connectivity index (χ1n) is 8.75. The Bertz CT molecular complexity index is 1190. The second kappa shape index (κ2) is 7.70. The van der Waals surface area contributed by atoms with Gasteiger partial charge in [0.25, 0.3) is 5.91 Å². The number of amides is 1. The molecule has 3 aromatic heterocycles. The number of carbonyl (C=O) groups excluding carboxylic acids is 1. The average Bonchev–Trinajstić information content (AvgIpc) is 3.33. The molecule has 1 aromatic carbocycles. The predicted molar refractivity (Wildman–Crippen MR) is 98.3 cm³/mol. The highest BCUT2D eigenvalue weighted by Gasteiger charge is 2.14. The van der Waals surface area contributed by atoms with Crippen molar-refractivity contribution in [1.29, 1.82) is 0 Å². The molecule has 0 aliphatic rings. The Labute approximate surface area is 163 Å². The van der Waals surface area contributed by atoms with Crippen LogP contribution in [0.15, 0.2) is 53.2 Å². The molecule has 4 aromatic rings. The molecule has 0 spiro atoms. The zero-order valence-electron chi connectivity index (χ0n) is 15.4. The van der Waals surface area contributed by atoms with Crippen molar-refractivity contribution < 1.29 is 22.8 Å². The number of imidazole rings is 1. The van der Waals surface area contributed by atoms with Gasteiger partial charge in [0.1, 0.15) is 18.1 Å². The van der Waals surface area contributed by atoms with Gasteiger partial charge in [-0.3, -0.25) is 4.79 Å². The van der Waals surface area contributed by atoms with Crippen LogP contribution >= 0.6 is 0 Å². The SMILES string of the molecule is Cc1cccc2nc(CNC(=O)c3cc(COc4ccc(F)cc4F)on3)cn12. The van der Waals surface area contributed by atoms with Crippen molar-refractivity contribution >= 4 is 11.6 Å². The second-order valence-electron chi connectivity index (χ2n) is 6.35. The first-order chi connectivity index (χ1) is 14.0. The number of hydrogen-bond acceptors (Lipinski definition) is 5. The molecule has 0 unspecified atom stereocenters. The summed E-state index contributed by atoms with van der Waals surface area (Å²) in [5.74, 6) is -1.88. The van der Waals surface area contributed by atoms with E-state index in [1.54, 1.807) is 0 Å². The Hall–Kier alpha value is -3.75. The fourth-order valence-electron chi connectivity index (χ4n) is 2.77. The van der Waals surface area contributed by atoms with Crippen molar-refractivity contribution in [3.8, 4) is 5.75 Å². The smallest absolute Gasteiger partial charge is 0.273 e. The molecule has 148 valence electrons. The molecular weight excluding hydrogens is 382 g/mol. The van der Waals surface area contributed by atoms with Crippen LogP contribution in [0.2, 0.25) is 0 Å². The number of hydrogen-bond donors (Lipinski definition) is 1. The van der Waals surface area contributed by atoms with Gasteiger partial charge in [0.2, 0.25) is 0 Å². The molecular formula is C20H16F2N4O3. The van der Waals surface area contributed by atoms with Gasteiger partial charge in [0.15, 0.2) is 23.0 Å². The molecule has 0 saturated heterocycles. The summed E-state index contributed by atoms with van der Waals surface area (Å²) in [6.07, 6.45) is 1.85. The van der Waals surface area contributed by atoms with Crippen LogP contribution in [0.25, 0.3) is 5.65 Å². The maximum absolute atomic E-state index is 13.6. The van der Waals surface area contributed by atoms with Gasteiger partial charge in [-0.25, -0.2) is 13.8 Å². The summed E-state index contributed by atoms with van der Waals surface area (Å²) in [5, 5.41) is 6.41. The Morgan fingerprint density at radius 3 is 2.90 bits per heavy atom. The molecule has 0 fully saturated rings. The van der Waals surface area contributed by atoms with E-state index >= 15 is 0 Å². The van der Waals surface area contributed by atoms with E-state index in [-0.39, 0.29) is 30.4 Å². The lowest BCUT2D eigenvalue weighted by Gasteiger charge is -2.04. The number of halogens is 2. The van der Waals surface area contributed by atoms with Crippen molar-refractivity contribution in [3.05, 3.63) is 83.1 Å². The molecule has 0 aliphatic carbocycles. The quantitative estimate of drug-likeness (QED) is 0.538. The fraction of sp³-hybridized carbons (Fsp3) is 0.150. The molecule has 29 heavy (non-hydrogen) atoms. The molecule has 9 heteroatoms. The van der Waals surface area contributed by atoms with Crippen molar-refractivity contribution in [2.45, 2.75) is 20.1 Å². The largest absolute Gasteiger partial charge is 0.482 e. The first kappa shape index (κ1) is 18.6. The number of rotatable bonds is 6. The molecule has 3 heterocycles. The van der Waals surface area contributed by atoms with Gasteiger partial charge in [0, 0.05) is 24.0 Å². The van der Waals surface area contributed by atoms with Crippen LogP contribution in [0.4, 0.5) is 8.78 Å². The van der Waals surface area contributed by atoms with Gasteiger partial charge < -0.3 is 19.0 Å². The molecule has 0 aliphatic heterocycles.